The largest absolute Gasteiger partial charge is 0.465 e. The van der Waals surface area contributed by atoms with Crippen molar-refractivity contribution in [3.05, 3.63) is 59.5 Å². The molecule has 26 heavy (non-hydrogen) atoms. The lowest BCUT2D eigenvalue weighted by Gasteiger charge is -2.29. The summed E-state index contributed by atoms with van der Waals surface area (Å²) in [5, 5.41) is 3.55. The third kappa shape index (κ3) is 4.67. The number of rotatable bonds is 6. The Balaban J connectivity index is 1.64. The van der Waals surface area contributed by atoms with Gasteiger partial charge >= 0.3 is 0 Å². The van der Waals surface area contributed by atoms with E-state index in [0.29, 0.717) is 0 Å². The summed E-state index contributed by atoms with van der Waals surface area (Å²) in [6, 6.07) is 14.9. The molecular formula is C21H30N4O. The lowest BCUT2D eigenvalue weighted by atomic mass is 10.2. The molecule has 2 heterocycles. The quantitative estimate of drug-likeness (QED) is 0.638. The summed E-state index contributed by atoms with van der Waals surface area (Å²) >= 11 is 0. The minimum Gasteiger partial charge on any atom is -0.465 e. The van der Waals surface area contributed by atoms with Crippen LogP contribution in [0.3, 0.4) is 0 Å². The SMILES string of the molecule is CN=C(NCC(c1ccc(C)o1)N1CCCC1)N(C)Cc1ccccc1. The van der Waals surface area contributed by atoms with Crippen molar-refractivity contribution in [1.82, 2.24) is 15.1 Å². The molecule has 5 heteroatoms. The molecule has 0 radical (unpaired) electrons. The van der Waals surface area contributed by atoms with Crippen LogP contribution in [0, 0.1) is 6.92 Å². The Bertz CT molecular complexity index is 704. The summed E-state index contributed by atoms with van der Waals surface area (Å²) in [5.74, 6) is 2.91. The van der Waals surface area contributed by atoms with Crippen LogP contribution in [0.4, 0.5) is 0 Å². The predicted molar refractivity (Wildman–Crippen MR) is 106 cm³/mol. The minimum absolute atomic E-state index is 0.244. The fourth-order valence-electron chi connectivity index (χ4n) is 3.60. The van der Waals surface area contributed by atoms with E-state index in [2.05, 4.69) is 63.6 Å². The first-order valence-corrected chi connectivity index (χ1v) is 9.43. The van der Waals surface area contributed by atoms with Gasteiger partial charge in [0.25, 0.3) is 0 Å². The van der Waals surface area contributed by atoms with Crippen LogP contribution in [0.5, 0.6) is 0 Å². The first kappa shape index (κ1) is 18.5. The molecule has 1 saturated heterocycles. The predicted octanol–water partition coefficient (Wildman–Crippen LogP) is 3.43. The van der Waals surface area contributed by atoms with E-state index >= 15 is 0 Å². The summed E-state index contributed by atoms with van der Waals surface area (Å²) in [7, 11) is 3.91. The average molecular weight is 354 g/mol. The van der Waals surface area contributed by atoms with Gasteiger partial charge in [-0.3, -0.25) is 9.89 Å². The Hall–Kier alpha value is -2.27. The molecule has 1 unspecified atom stereocenters. The molecule has 1 aromatic heterocycles. The van der Waals surface area contributed by atoms with E-state index in [0.717, 1.165) is 43.7 Å². The molecule has 2 aromatic rings. The molecular weight excluding hydrogens is 324 g/mol. The molecule has 1 aromatic carbocycles. The van der Waals surface area contributed by atoms with Gasteiger partial charge in [-0.2, -0.15) is 0 Å². The minimum atomic E-state index is 0.244. The Labute approximate surface area is 156 Å². The van der Waals surface area contributed by atoms with E-state index < -0.39 is 0 Å². The summed E-state index contributed by atoms with van der Waals surface area (Å²) in [5.41, 5.74) is 1.27. The van der Waals surface area contributed by atoms with Gasteiger partial charge in [0.1, 0.15) is 11.5 Å². The highest BCUT2D eigenvalue weighted by Crippen LogP contribution is 2.26. The standard InChI is InChI=1S/C21H30N4O/c1-17-11-12-20(26-17)19(25-13-7-8-14-25)15-23-21(22-2)24(3)16-18-9-5-4-6-10-18/h4-6,9-12,19H,7-8,13-16H2,1-3H3,(H,22,23). The van der Waals surface area contributed by atoms with Gasteiger partial charge in [-0.15, -0.1) is 0 Å². The van der Waals surface area contributed by atoms with E-state index in [4.69, 9.17) is 4.42 Å². The van der Waals surface area contributed by atoms with Crippen molar-refractivity contribution < 1.29 is 4.42 Å². The molecule has 0 aliphatic carbocycles. The molecule has 1 aliphatic rings. The molecule has 0 spiro atoms. The Morgan fingerprint density at radius 3 is 2.54 bits per heavy atom. The molecule has 140 valence electrons. The maximum absolute atomic E-state index is 5.94. The van der Waals surface area contributed by atoms with Crippen LogP contribution in [-0.4, -0.2) is 49.5 Å². The maximum Gasteiger partial charge on any atom is 0.193 e. The van der Waals surface area contributed by atoms with E-state index in [-0.39, 0.29) is 6.04 Å². The first-order chi connectivity index (χ1) is 12.7. The highest BCUT2D eigenvalue weighted by Gasteiger charge is 2.26. The van der Waals surface area contributed by atoms with Gasteiger partial charge in [0.2, 0.25) is 0 Å². The zero-order valence-electron chi connectivity index (χ0n) is 16.1. The van der Waals surface area contributed by atoms with Crippen molar-refractivity contribution in [2.24, 2.45) is 4.99 Å². The average Bonchev–Trinajstić information content (AvgIpc) is 3.32. The van der Waals surface area contributed by atoms with Gasteiger partial charge in [-0.05, 0) is 50.6 Å². The van der Waals surface area contributed by atoms with Gasteiger partial charge in [0.15, 0.2) is 5.96 Å². The zero-order valence-corrected chi connectivity index (χ0v) is 16.1. The molecule has 0 saturated carbocycles. The van der Waals surface area contributed by atoms with Crippen molar-refractivity contribution in [3.63, 3.8) is 0 Å². The monoisotopic (exact) mass is 354 g/mol. The molecule has 1 fully saturated rings. The van der Waals surface area contributed by atoms with E-state index in [1.54, 1.807) is 0 Å². The number of aliphatic imine (C=N–C) groups is 1. The number of hydrogen-bond donors (Lipinski definition) is 1. The van der Waals surface area contributed by atoms with Gasteiger partial charge in [-0.1, -0.05) is 30.3 Å². The number of furan rings is 1. The van der Waals surface area contributed by atoms with Crippen LogP contribution in [0.25, 0.3) is 0 Å². The van der Waals surface area contributed by atoms with Crippen LogP contribution in [-0.2, 0) is 6.54 Å². The second kappa shape index (κ2) is 8.90. The van der Waals surface area contributed by atoms with Crippen LogP contribution in [0.15, 0.2) is 51.9 Å². The van der Waals surface area contributed by atoms with Crippen molar-refractivity contribution in [2.45, 2.75) is 32.4 Å². The fraction of sp³-hybridized carbons (Fsp3) is 0.476. The summed E-state index contributed by atoms with van der Waals surface area (Å²) in [6.07, 6.45) is 2.53. The normalized spacial score (nSPS) is 16.7. The van der Waals surface area contributed by atoms with Gasteiger partial charge in [0.05, 0.1) is 6.04 Å². The van der Waals surface area contributed by atoms with Crippen molar-refractivity contribution >= 4 is 5.96 Å². The summed E-state index contributed by atoms with van der Waals surface area (Å²) in [6.45, 7) is 5.88. The van der Waals surface area contributed by atoms with Gasteiger partial charge in [0, 0.05) is 27.2 Å². The van der Waals surface area contributed by atoms with Gasteiger partial charge in [-0.25, -0.2) is 0 Å². The van der Waals surface area contributed by atoms with Crippen LogP contribution >= 0.6 is 0 Å². The van der Waals surface area contributed by atoms with Crippen LogP contribution < -0.4 is 5.32 Å². The fourth-order valence-corrected chi connectivity index (χ4v) is 3.60. The number of guanidine groups is 1. The molecule has 1 N–H and O–H groups in total. The van der Waals surface area contributed by atoms with Crippen LogP contribution in [0.2, 0.25) is 0 Å². The number of hydrogen-bond acceptors (Lipinski definition) is 3. The molecule has 5 nitrogen and oxygen atoms in total. The van der Waals surface area contributed by atoms with Crippen molar-refractivity contribution in [2.75, 3.05) is 33.7 Å². The third-order valence-corrected chi connectivity index (χ3v) is 4.96. The maximum atomic E-state index is 5.94. The third-order valence-electron chi connectivity index (χ3n) is 4.96. The second-order valence-corrected chi connectivity index (χ2v) is 6.98. The lowest BCUT2D eigenvalue weighted by Crippen LogP contribution is -2.43. The van der Waals surface area contributed by atoms with Crippen LogP contribution in [0.1, 0.15) is 36.0 Å². The molecule has 3 rings (SSSR count). The number of likely N-dealkylation sites (tertiary alicyclic amines) is 1. The zero-order chi connectivity index (χ0) is 18.4. The van der Waals surface area contributed by atoms with E-state index in [1.807, 2.05) is 20.0 Å². The number of benzene rings is 1. The number of aryl methyl sites for hydroxylation is 1. The molecule has 1 aliphatic heterocycles. The Kier molecular flexibility index (Phi) is 6.34. The summed E-state index contributed by atoms with van der Waals surface area (Å²) in [4.78, 5) is 9.13. The van der Waals surface area contributed by atoms with Gasteiger partial charge < -0.3 is 14.6 Å². The highest BCUT2D eigenvalue weighted by molar-refractivity contribution is 5.79. The molecule has 0 bridgehead atoms. The smallest absolute Gasteiger partial charge is 0.193 e. The number of nitrogens with one attached hydrogen (secondary N) is 1. The lowest BCUT2D eigenvalue weighted by molar-refractivity contribution is 0.212. The first-order valence-electron chi connectivity index (χ1n) is 9.43. The Morgan fingerprint density at radius 2 is 1.92 bits per heavy atom. The Morgan fingerprint density at radius 1 is 1.19 bits per heavy atom. The van der Waals surface area contributed by atoms with E-state index in [1.165, 1.54) is 18.4 Å². The van der Waals surface area contributed by atoms with E-state index in [9.17, 15) is 0 Å². The highest BCUT2D eigenvalue weighted by atomic mass is 16.3. The molecule has 0 amide bonds. The van der Waals surface area contributed by atoms with Crippen molar-refractivity contribution in [1.29, 1.82) is 0 Å². The topological polar surface area (TPSA) is 44.0 Å². The summed E-state index contributed by atoms with van der Waals surface area (Å²) < 4.78 is 5.94. The number of nitrogens with zero attached hydrogens (tertiary/aromatic N) is 3. The second-order valence-electron chi connectivity index (χ2n) is 6.98. The molecule has 1 atom stereocenters. The van der Waals surface area contributed by atoms with Crippen molar-refractivity contribution in [3.8, 4) is 0 Å².